The maximum Gasteiger partial charge on any atom is 0.268 e. The second-order valence-corrected chi connectivity index (χ2v) is 40.4. The Hall–Kier alpha value is -9.42. The van der Waals surface area contributed by atoms with Gasteiger partial charge in [-0.3, -0.25) is 33.1 Å². The Morgan fingerprint density at radius 2 is 0.639 bits per heavy atom. The van der Waals surface area contributed by atoms with Crippen molar-refractivity contribution >= 4 is 162 Å². The van der Waals surface area contributed by atoms with E-state index in [-0.39, 0.29) is 107 Å². The van der Waals surface area contributed by atoms with Crippen molar-refractivity contribution < 1.29 is 64.9 Å². The number of hydrogen-bond acceptors (Lipinski definition) is 15. The topological polar surface area (TPSA) is 307 Å². The Labute approximate surface area is 643 Å². The smallest absolute Gasteiger partial charge is 0.268 e. The van der Waals surface area contributed by atoms with E-state index in [2.05, 4.69) is 14.2 Å². The molecule has 30 heteroatoms. The van der Waals surface area contributed by atoms with Gasteiger partial charge in [-0.1, -0.05) is 174 Å². The Morgan fingerprint density at radius 1 is 0.343 bits per heavy atom. The Morgan fingerprint density at radius 3 is 0.963 bits per heavy atom. The maximum absolute atomic E-state index is 13.6. The van der Waals surface area contributed by atoms with Gasteiger partial charge < -0.3 is 0 Å². The number of nitrogens with zero attached hydrogens (tertiary/aromatic N) is 3. The number of sulfone groups is 1. The van der Waals surface area contributed by atoms with E-state index in [4.69, 9.17) is 34.8 Å². The van der Waals surface area contributed by atoms with Crippen LogP contribution in [0.4, 0.5) is 17.1 Å². The van der Waals surface area contributed by atoms with Gasteiger partial charge in [-0.15, -0.1) is 0 Å². The van der Waals surface area contributed by atoms with Gasteiger partial charge in [0, 0.05) is 77.2 Å². The molecule has 0 atom stereocenters. The van der Waals surface area contributed by atoms with Crippen LogP contribution in [0.15, 0.2) is 253 Å². The Kier molecular flexibility index (Phi) is 22.7. The van der Waals surface area contributed by atoms with E-state index in [1.165, 1.54) is 163 Å². The van der Waals surface area contributed by atoms with Crippen molar-refractivity contribution in [3.05, 3.63) is 262 Å². The minimum atomic E-state index is -4.09. The molecular weight excluding hydrogens is 1560 g/mol. The summed E-state index contributed by atoms with van der Waals surface area (Å²) in [4.78, 5) is 40.2. The summed E-state index contributed by atoms with van der Waals surface area (Å²) in [5, 5.41) is 1.77. The predicted octanol–water partition coefficient (Wildman–Crippen LogP) is 17.7. The van der Waals surface area contributed by atoms with Gasteiger partial charge in [0.15, 0.2) is 11.6 Å². The second kappa shape index (κ2) is 30.2. The molecule has 0 unspecified atom stereocenters. The normalized spacial score (nSPS) is 12.6. The van der Waals surface area contributed by atoms with Crippen molar-refractivity contribution in [1.82, 2.24) is 12.5 Å². The predicted molar refractivity (Wildman–Crippen MR) is 424 cm³/mol. The number of hydrogen-bond donors (Lipinski definition) is 3. The van der Waals surface area contributed by atoms with Crippen molar-refractivity contribution in [2.45, 2.75) is 117 Å². The van der Waals surface area contributed by atoms with E-state index in [1.54, 1.807) is 123 Å². The highest BCUT2D eigenvalue weighted by atomic mass is 35.5. The number of nitrogens with one attached hydrogen (secondary N) is 3. The molecular formula is C78H75Cl3N6O15S6. The monoisotopic (exact) mass is 1630 g/mol. The van der Waals surface area contributed by atoms with Gasteiger partial charge >= 0.3 is 0 Å². The molecule has 0 fully saturated rings. The molecule has 0 aliphatic carbocycles. The third-order valence-corrected chi connectivity index (χ3v) is 27.0. The highest BCUT2D eigenvalue weighted by Crippen LogP contribution is 2.41. The van der Waals surface area contributed by atoms with Crippen LogP contribution in [-0.4, -0.2) is 80.5 Å². The minimum absolute atomic E-state index is 0.0284. The lowest BCUT2D eigenvalue weighted by atomic mass is 9.86. The second-order valence-electron chi connectivity index (χ2n) is 28.5. The molecule has 12 rings (SSSR count). The average molecular weight is 1640 g/mol. The molecule has 0 amide bonds. The number of carbonyl (C=O) groups excluding carboxylic acids is 3. The number of carbonyl (C=O) groups is 3. The number of anilines is 3. The van der Waals surface area contributed by atoms with Gasteiger partial charge in [0.25, 0.3) is 50.1 Å². The molecule has 3 aromatic heterocycles. The molecule has 21 nitrogen and oxygen atoms in total. The molecule has 9 aromatic carbocycles. The van der Waals surface area contributed by atoms with Crippen LogP contribution >= 0.6 is 34.8 Å². The van der Waals surface area contributed by atoms with E-state index in [0.717, 1.165) is 24.6 Å². The number of ketones is 2. The van der Waals surface area contributed by atoms with Crippen molar-refractivity contribution in [1.29, 1.82) is 0 Å². The molecule has 564 valence electrons. The standard InChI is InChI=1S/3C26H25ClN2O5S2/c2*1-17-8-12-20(13-9-17)36(33,34)29-16-21(25(30)26(2,3)4)24-22(6-5-7-23(24)29)28-35(31,32)19-14-10-18(27)11-15-19;1-17-8-12-19(13-9-17)35(31,32)23-16-29(25(30)26(2,3)4)24-21(23)6-5-7-22(24)28-36(33,34)20-14-10-18(27)11-15-20/h3*5-16,28H,1-4H3. The number of para-hydroxylation sites is 1. The number of fused-ring (bicyclic) bond motifs is 3. The molecule has 0 saturated heterocycles. The average Bonchev–Trinajstić information content (AvgIpc) is 1.60. The van der Waals surface area contributed by atoms with Gasteiger partial charge in [0.05, 0.1) is 67.9 Å². The number of rotatable bonds is 17. The molecule has 0 bridgehead atoms. The van der Waals surface area contributed by atoms with Crippen molar-refractivity contribution in [2.75, 3.05) is 14.2 Å². The summed E-state index contributed by atoms with van der Waals surface area (Å²) < 4.78 is 171. The van der Waals surface area contributed by atoms with Gasteiger partial charge in [-0.2, -0.15) is 0 Å². The first-order valence-corrected chi connectivity index (χ1v) is 43.0. The fraction of sp³-hybridized carbons (Fsp3) is 0.192. The quantitative estimate of drug-likeness (QED) is 0.0714. The van der Waals surface area contributed by atoms with Crippen molar-refractivity contribution in [3.63, 3.8) is 0 Å². The highest BCUT2D eigenvalue weighted by molar-refractivity contribution is 7.93. The number of halogens is 3. The van der Waals surface area contributed by atoms with Crippen LogP contribution in [0.25, 0.3) is 32.7 Å². The van der Waals surface area contributed by atoms with E-state index < -0.39 is 82.1 Å². The fourth-order valence-corrected chi connectivity index (χ4v) is 19.0. The first kappa shape index (κ1) is 81.1. The van der Waals surface area contributed by atoms with Crippen LogP contribution in [0.5, 0.6) is 0 Å². The summed E-state index contributed by atoms with van der Waals surface area (Å²) in [5.41, 5.74) is 1.08. The highest BCUT2D eigenvalue weighted by Gasteiger charge is 2.36. The number of benzene rings is 9. The molecule has 0 aliphatic rings. The first-order chi connectivity index (χ1) is 50.1. The lowest BCUT2D eigenvalue weighted by Crippen LogP contribution is -2.26. The number of aryl methyl sites for hydroxylation is 3. The van der Waals surface area contributed by atoms with Crippen LogP contribution in [0.3, 0.4) is 0 Å². The molecule has 3 N–H and O–H groups in total. The lowest BCUT2D eigenvalue weighted by molar-refractivity contribution is 0.0771. The van der Waals surface area contributed by atoms with E-state index in [9.17, 15) is 64.9 Å². The molecule has 0 radical (unpaired) electrons. The van der Waals surface area contributed by atoms with Crippen LogP contribution in [0.2, 0.25) is 15.1 Å². The third-order valence-electron chi connectivity index (χ3n) is 17.0. The summed E-state index contributed by atoms with van der Waals surface area (Å²) in [6.45, 7) is 21.0. The third kappa shape index (κ3) is 17.0. The van der Waals surface area contributed by atoms with Gasteiger partial charge in [-0.25, -0.2) is 58.5 Å². The van der Waals surface area contributed by atoms with Crippen molar-refractivity contribution in [2.24, 2.45) is 16.2 Å². The Balaban J connectivity index is 0.000000173. The largest absolute Gasteiger partial charge is 0.294 e. The van der Waals surface area contributed by atoms with E-state index in [1.807, 2.05) is 20.8 Å². The zero-order chi connectivity index (χ0) is 79.4. The minimum Gasteiger partial charge on any atom is -0.294 e. The molecule has 108 heavy (non-hydrogen) atoms. The zero-order valence-corrected chi connectivity index (χ0v) is 67.5. The number of aromatic nitrogens is 3. The first-order valence-electron chi connectivity index (χ1n) is 33.0. The van der Waals surface area contributed by atoms with E-state index >= 15 is 0 Å². The van der Waals surface area contributed by atoms with Crippen LogP contribution < -0.4 is 14.2 Å². The van der Waals surface area contributed by atoms with Crippen LogP contribution in [0.1, 0.15) is 105 Å². The summed E-state index contributed by atoms with van der Waals surface area (Å²) >= 11 is 17.7. The maximum atomic E-state index is 13.6. The van der Waals surface area contributed by atoms with Crippen LogP contribution in [0, 0.1) is 37.0 Å². The van der Waals surface area contributed by atoms with Crippen LogP contribution in [-0.2, 0) is 60.0 Å². The van der Waals surface area contributed by atoms with Gasteiger partial charge in [0.2, 0.25) is 15.7 Å². The number of sulfonamides is 3. The number of Topliss-reactive ketones (excluding diaryl/α,β-unsaturated/α-hetero) is 2. The zero-order valence-electron chi connectivity index (χ0n) is 60.3. The summed E-state index contributed by atoms with van der Waals surface area (Å²) in [5.74, 6) is -1.05. The van der Waals surface area contributed by atoms with Crippen molar-refractivity contribution in [3.8, 4) is 0 Å². The van der Waals surface area contributed by atoms with Gasteiger partial charge in [-0.05, 0) is 160 Å². The van der Waals surface area contributed by atoms with Gasteiger partial charge in [0.1, 0.15) is 0 Å². The SMILES string of the molecule is Cc1ccc(S(=O)(=O)c2cn(C(=O)C(C)(C)C)c3c(NS(=O)(=O)c4ccc(Cl)cc4)cccc23)cc1.Cc1ccc(S(=O)(=O)n2cc(C(=O)C(C)(C)C)c3c(NS(=O)(=O)c4ccc(Cl)cc4)cccc32)cc1.Cc1ccc(S(=O)(=O)n2cc(C(=O)C(C)(C)C)c3c(NS(=O)(=O)c4ccc(Cl)cc4)cccc32)cc1. The molecule has 3 heterocycles. The Bertz CT molecular complexity index is 5660. The molecule has 0 saturated carbocycles. The summed E-state index contributed by atoms with van der Waals surface area (Å²) in [6.07, 6.45) is 3.81. The molecule has 12 aromatic rings. The summed E-state index contributed by atoms with van der Waals surface area (Å²) in [7, 11) is -24.4. The molecule has 0 aliphatic heterocycles. The summed E-state index contributed by atoms with van der Waals surface area (Å²) in [6, 6.07) is 49.7. The fourth-order valence-electron chi connectivity index (χ4n) is 11.3. The lowest BCUT2D eigenvalue weighted by Gasteiger charge is -2.19. The van der Waals surface area contributed by atoms with E-state index in [0.29, 0.717) is 15.1 Å². The molecule has 0 spiro atoms.